The molecule has 1 heterocycles. The van der Waals surface area contributed by atoms with Gasteiger partial charge in [-0.2, -0.15) is 0 Å². The molecule has 2 amide bonds. The average molecular weight is 368 g/mol. The Morgan fingerprint density at radius 1 is 1.07 bits per heavy atom. The minimum atomic E-state index is -1.02. The maximum Gasteiger partial charge on any atom is 0.410 e. The Morgan fingerprint density at radius 3 is 2.44 bits per heavy atom. The number of ether oxygens (including phenoxy) is 1. The third-order valence-electron chi connectivity index (χ3n) is 4.39. The molecule has 7 heteroatoms. The predicted octanol–water partition coefficient (Wildman–Crippen LogP) is 2.06. The van der Waals surface area contributed by atoms with Crippen LogP contribution in [0.15, 0.2) is 54.6 Å². The van der Waals surface area contributed by atoms with Crippen LogP contribution in [0.25, 0.3) is 0 Å². The van der Waals surface area contributed by atoms with Gasteiger partial charge in [-0.15, -0.1) is 0 Å². The van der Waals surface area contributed by atoms with Crippen molar-refractivity contribution >= 4 is 18.0 Å². The van der Waals surface area contributed by atoms with Crippen LogP contribution >= 0.6 is 0 Å². The number of cyclic esters (lactones) is 1. The molecule has 1 fully saturated rings. The fraction of sp³-hybridized carbons (Fsp3) is 0.250. The van der Waals surface area contributed by atoms with Crippen molar-refractivity contribution in [3.05, 3.63) is 71.3 Å². The first kappa shape index (κ1) is 18.4. The van der Waals surface area contributed by atoms with Gasteiger partial charge in [0.05, 0.1) is 12.1 Å². The highest BCUT2D eigenvalue weighted by Gasteiger charge is 2.37. The molecule has 0 aliphatic carbocycles. The Balaban J connectivity index is 1.58. The Bertz CT molecular complexity index is 820. The minimum Gasteiger partial charge on any atom is -0.478 e. The zero-order valence-corrected chi connectivity index (χ0v) is 14.6. The molecule has 1 saturated heterocycles. The number of hydrogen-bond acceptors (Lipinski definition) is 4. The lowest BCUT2D eigenvalue weighted by Gasteiger charge is -2.21. The zero-order chi connectivity index (χ0) is 19.2. The van der Waals surface area contributed by atoms with Gasteiger partial charge in [-0.1, -0.05) is 42.5 Å². The number of benzene rings is 2. The van der Waals surface area contributed by atoms with Crippen molar-refractivity contribution in [3.63, 3.8) is 0 Å². The Kier molecular flexibility index (Phi) is 5.71. The van der Waals surface area contributed by atoms with Crippen molar-refractivity contribution in [1.82, 2.24) is 10.2 Å². The van der Waals surface area contributed by atoms with Gasteiger partial charge >= 0.3 is 12.1 Å². The van der Waals surface area contributed by atoms with Gasteiger partial charge < -0.3 is 15.2 Å². The second-order valence-corrected chi connectivity index (χ2v) is 6.25. The van der Waals surface area contributed by atoms with Gasteiger partial charge in [-0.3, -0.25) is 9.69 Å². The number of rotatable bonds is 7. The number of nitrogens with zero attached hydrogens (tertiary/aromatic N) is 1. The van der Waals surface area contributed by atoms with E-state index >= 15 is 0 Å². The summed E-state index contributed by atoms with van der Waals surface area (Å²) < 4.78 is 5.03. The van der Waals surface area contributed by atoms with Crippen LogP contribution in [0.1, 0.15) is 21.5 Å². The van der Waals surface area contributed by atoms with Gasteiger partial charge in [0, 0.05) is 6.54 Å². The van der Waals surface area contributed by atoms with Crippen LogP contribution in [-0.4, -0.2) is 47.2 Å². The van der Waals surface area contributed by atoms with Crippen LogP contribution in [0.5, 0.6) is 0 Å². The molecule has 2 aromatic rings. The predicted molar refractivity (Wildman–Crippen MR) is 97.2 cm³/mol. The summed E-state index contributed by atoms with van der Waals surface area (Å²) in [7, 11) is 0. The third kappa shape index (κ3) is 4.63. The molecule has 7 nitrogen and oxygen atoms in total. The van der Waals surface area contributed by atoms with E-state index in [4.69, 9.17) is 9.84 Å². The summed E-state index contributed by atoms with van der Waals surface area (Å²) in [4.78, 5) is 36.7. The fourth-order valence-electron chi connectivity index (χ4n) is 2.88. The first-order chi connectivity index (χ1) is 13.0. The number of nitrogens with one attached hydrogen (secondary N) is 1. The number of carbonyl (C=O) groups is 3. The normalized spacial score (nSPS) is 16.1. The van der Waals surface area contributed by atoms with Crippen LogP contribution < -0.4 is 5.32 Å². The van der Waals surface area contributed by atoms with Crippen molar-refractivity contribution in [3.8, 4) is 0 Å². The lowest BCUT2D eigenvalue weighted by molar-refractivity contribution is -0.124. The van der Waals surface area contributed by atoms with Crippen LogP contribution in [0.3, 0.4) is 0 Å². The average Bonchev–Trinajstić information content (AvgIpc) is 3.03. The first-order valence-electron chi connectivity index (χ1n) is 8.62. The lowest BCUT2D eigenvalue weighted by Crippen LogP contribution is -2.45. The maximum atomic E-state index is 12.5. The third-order valence-corrected chi connectivity index (χ3v) is 4.39. The highest BCUT2D eigenvalue weighted by atomic mass is 16.6. The number of carboxylic acids is 1. The molecular weight excluding hydrogens is 348 g/mol. The summed E-state index contributed by atoms with van der Waals surface area (Å²) in [6.45, 7) is 0.646. The smallest absolute Gasteiger partial charge is 0.410 e. The monoisotopic (exact) mass is 368 g/mol. The highest BCUT2D eigenvalue weighted by molar-refractivity contribution is 5.88. The largest absolute Gasteiger partial charge is 0.478 e. The molecule has 3 rings (SSSR count). The molecule has 0 spiro atoms. The van der Waals surface area contributed by atoms with E-state index in [0.717, 1.165) is 11.1 Å². The van der Waals surface area contributed by atoms with Crippen molar-refractivity contribution in [2.75, 3.05) is 13.2 Å². The summed E-state index contributed by atoms with van der Waals surface area (Å²) in [6, 6.07) is 15.3. The summed E-state index contributed by atoms with van der Waals surface area (Å²) in [6.07, 6.45) is 0.144. The number of carbonyl (C=O) groups excluding carboxylic acids is 2. The summed E-state index contributed by atoms with van der Waals surface area (Å²) >= 11 is 0. The fourth-order valence-corrected chi connectivity index (χ4v) is 2.88. The molecule has 140 valence electrons. The van der Waals surface area contributed by atoms with Crippen LogP contribution in [0.2, 0.25) is 0 Å². The summed E-state index contributed by atoms with van der Waals surface area (Å²) in [5.74, 6) is -1.28. The van der Waals surface area contributed by atoms with E-state index in [1.165, 1.54) is 17.0 Å². The molecule has 0 aromatic heterocycles. The first-order valence-corrected chi connectivity index (χ1v) is 8.62. The second-order valence-electron chi connectivity index (χ2n) is 6.25. The summed E-state index contributed by atoms with van der Waals surface area (Å²) in [5.41, 5.74) is 2.01. The van der Waals surface area contributed by atoms with Crippen LogP contribution in [0, 0.1) is 0 Å². The Labute approximate surface area is 156 Å². The maximum absolute atomic E-state index is 12.5. The van der Waals surface area contributed by atoms with Crippen molar-refractivity contribution < 1.29 is 24.2 Å². The molecule has 2 aromatic carbocycles. The minimum absolute atomic E-state index is 0.00319. The molecule has 1 aliphatic rings. The van der Waals surface area contributed by atoms with Gasteiger partial charge in [0.2, 0.25) is 5.91 Å². The summed E-state index contributed by atoms with van der Waals surface area (Å²) in [5, 5.41) is 11.8. The van der Waals surface area contributed by atoms with Gasteiger partial charge in [0.15, 0.2) is 0 Å². The van der Waals surface area contributed by atoms with Crippen molar-refractivity contribution in [2.45, 2.75) is 19.0 Å². The number of amides is 2. The lowest BCUT2D eigenvalue weighted by atomic mass is 10.1. The Hall–Kier alpha value is -3.35. The van der Waals surface area contributed by atoms with Crippen LogP contribution in [-0.2, 0) is 22.5 Å². The van der Waals surface area contributed by atoms with Crippen LogP contribution in [0.4, 0.5) is 4.79 Å². The van der Waals surface area contributed by atoms with E-state index in [1.54, 1.807) is 12.1 Å². The molecule has 0 radical (unpaired) electrons. The van der Waals surface area contributed by atoms with Gasteiger partial charge in [-0.25, -0.2) is 9.59 Å². The van der Waals surface area contributed by atoms with E-state index in [1.807, 2.05) is 30.3 Å². The molecule has 2 N–H and O–H groups in total. The van der Waals surface area contributed by atoms with E-state index < -0.39 is 18.1 Å². The number of aromatic carboxylic acids is 1. The molecule has 0 unspecified atom stereocenters. The topological polar surface area (TPSA) is 95.9 Å². The van der Waals surface area contributed by atoms with Gasteiger partial charge in [0.1, 0.15) is 12.6 Å². The van der Waals surface area contributed by atoms with E-state index in [9.17, 15) is 14.4 Å². The molecule has 1 aliphatic heterocycles. The molecular formula is C20H20N2O5. The second kappa shape index (κ2) is 8.35. The molecule has 0 saturated carbocycles. The molecule has 27 heavy (non-hydrogen) atoms. The highest BCUT2D eigenvalue weighted by Crippen LogP contribution is 2.17. The number of hydrogen-bond donors (Lipinski definition) is 2. The van der Waals surface area contributed by atoms with E-state index in [0.29, 0.717) is 13.0 Å². The molecule has 0 bridgehead atoms. The van der Waals surface area contributed by atoms with Crippen molar-refractivity contribution in [2.24, 2.45) is 0 Å². The quantitative estimate of drug-likeness (QED) is 0.780. The number of carboxylic acid groups (broad SMARTS) is 1. The van der Waals surface area contributed by atoms with Crippen molar-refractivity contribution in [1.29, 1.82) is 0 Å². The Morgan fingerprint density at radius 2 is 1.78 bits per heavy atom. The van der Waals surface area contributed by atoms with E-state index in [-0.39, 0.29) is 24.6 Å². The standard InChI is InChI=1S/C20H20N2O5/c23-18(21-11-10-14-4-2-1-3-5-14)17-13-27-20(26)22(17)12-15-6-8-16(9-7-15)19(24)25/h1-9,17H,10-13H2,(H,21,23)(H,24,25)/t17-/m0/s1. The van der Waals surface area contributed by atoms with Gasteiger partial charge in [0.25, 0.3) is 0 Å². The molecule has 1 atom stereocenters. The van der Waals surface area contributed by atoms with Gasteiger partial charge in [-0.05, 0) is 29.7 Å². The zero-order valence-electron chi connectivity index (χ0n) is 14.6. The van der Waals surface area contributed by atoms with E-state index in [2.05, 4.69) is 5.32 Å². The SMILES string of the molecule is O=C(O)c1ccc(CN2C(=O)OC[C@H]2C(=O)NCCc2ccccc2)cc1.